The largest absolute Gasteiger partial charge is 0.489 e. The number of alkyl halides is 2. The van der Waals surface area contributed by atoms with Gasteiger partial charge in [-0.1, -0.05) is 0 Å². The van der Waals surface area contributed by atoms with Gasteiger partial charge >= 0.3 is 0 Å². The van der Waals surface area contributed by atoms with Crippen LogP contribution in [0.3, 0.4) is 0 Å². The van der Waals surface area contributed by atoms with Gasteiger partial charge in [-0.05, 0) is 37.3 Å². The fourth-order valence-electron chi connectivity index (χ4n) is 3.36. The number of carbonyl (C=O) groups is 1. The summed E-state index contributed by atoms with van der Waals surface area (Å²) in [5, 5.41) is 2.83. The molecule has 1 aliphatic heterocycles. The van der Waals surface area contributed by atoms with E-state index in [1.54, 1.807) is 37.4 Å². The van der Waals surface area contributed by atoms with Crippen molar-refractivity contribution in [3.63, 3.8) is 0 Å². The average molecular weight is 418 g/mol. The Morgan fingerprint density at radius 3 is 2.93 bits per heavy atom. The zero-order chi connectivity index (χ0) is 21.3. The second-order valence-electron chi connectivity index (χ2n) is 6.95. The van der Waals surface area contributed by atoms with E-state index in [2.05, 4.69) is 10.3 Å². The summed E-state index contributed by atoms with van der Waals surface area (Å²) in [6.45, 7) is 0.861. The average Bonchev–Trinajstić information content (AvgIpc) is 3.23. The quantitative estimate of drug-likeness (QED) is 0.660. The topological polar surface area (TPSA) is 82.8 Å². The number of nitrogens with one attached hydrogen (secondary N) is 1. The molecule has 4 rings (SSSR count). The first kappa shape index (κ1) is 20.1. The predicted molar refractivity (Wildman–Crippen MR) is 103 cm³/mol. The van der Waals surface area contributed by atoms with Gasteiger partial charge in [0.25, 0.3) is 11.8 Å². The number of hydrogen-bond acceptors (Lipinski definition) is 6. The number of methoxy groups -OCH3 is 1. The van der Waals surface area contributed by atoms with E-state index >= 15 is 0 Å². The number of furan rings is 1. The van der Waals surface area contributed by atoms with Crippen molar-refractivity contribution < 1.29 is 32.2 Å². The van der Waals surface area contributed by atoms with Crippen LogP contribution in [0.5, 0.6) is 11.6 Å². The number of halogens is 2. The number of carbonyl (C=O) groups excluding carboxylic acids is 1. The molecule has 9 heteroatoms. The highest BCUT2D eigenvalue weighted by Gasteiger charge is 2.46. The second-order valence-corrected chi connectivity index (χ2v) is 6.95. The number of benzene rings is 1. The van der Waals surface area contributed by atoms with E-state index in [1.807, 2.05) is 6.07 Å². The van der Waals surface area contributed by atoms with Gasteiger partial charge in [-0.15, -0.1) is 0 Å². The highest BCUT2D eigenvalue weighted by atomic mass is 19.3. The first-order valence-electron chi connectivity index (χ1n) is 9.29. The van der Waals surface area contributed by atoms with Crippen molar-refractivity contribution in [2.24, 2.45) is 0 Å². The van der Waals surface area contributed by atoms with Crippen molar-refractivity contribution in [1.82, 2.24) is 10.3 Å². The van der Waals surface area contributed by atoms with E-state index in [9.17, 15) is 13.6 Å². The number of fused-ring (bicyclic) bond motifs is 1. The molecule has 1 saturated heterocycles. The van der Waals surface area contributed by atoms with Crippen LogP contribution in [-0.4, -0.2) is 43.2 Å². The Morgan fingerprint density at radius 2 is 2.20 bits per heavy atom. The fraction of sp³-hybridized carbons (Fsp3) is 0.333. The normalized spacial score (nSPS) is 17.8. The first-order chi connectivity index (χ1) is 14.4. The van der Waals surface area contributed by atoms with Crippen LogP contribution in [0.25, 0.3) is 11.0 Å². The van der Waals surface area contributed by atoms with Crippen molar-refractivity contribution in [2.45, 2.75) is 25.5 Å². The molecule has 1 N–H and O–H groups in total. The molecule has 3 heterocycles. The van der Waals surface area contributed by atoms with Gasteiger partial charge in [0.15, 0.2) is 0 Å². The number of aryl methyl sites for hydroxylation is 1. The van der Waals surface area contributed by atoms with Gasteiger partial charge in [0.2, 0.25) is 5.88 Å². The Hall–Kier alpha value is -3.20. The van der Waals surface area contributed by atoms with Gasteiger partial charge in [-0.2, -0.15) is 0 Å². The lowest BCUT2D eigenvalue weighted by Gasteiger charge is -2.18. The first-order valence-corrected chi connectivity index (χ1v) is 9.29. The molecule has 1 aromatic carbocycles. The highest BCUT2D eigenvalue weighted by molar-refractivity contribution is 6.07. The molecular weight excluding hydrogens is 398 g/mol. The number of rotatable bonds is 6. The Morgan fingerprint density at radius 1 is 1.37 bits per heavy atom. The summed E-state index contributed by atoms with van der Waals surface area (Å²) in [7, 11) is 1.52. The summed E-state index contributed by atoms with van der Waals surface area (Å²) in [5.41, 5.74) is 1.40. The molecular formula is C21H20F2N2O5. The molecule has 1 atom stereocenters. The number of hydrogen-bond donors (Lipinski definition) is 1. The molecule has 1 fully saturated rings. The summed E-state index contributed by atoms with van der Waals surface area (Å²) in [6, 6.07) is 7.24. The van der Waals surface area contributed by atoms with Crippen LogP contribution < -0.4 is 14.8 Å². The fourth-order valence-corrected chi connectivity index (χ4v) is 3.36. The number of pyridine rings is 1. The Balaban J connectivity index is 1.57. The van der Waals surface area contributed by atoms with E-state index in [-0.39, 0.29) is 18.8 Å². The monoisotopic (exact) mass is 418 g/mol. The molecule has 158 valence electrons. The second kappa shape index (κ2) is 7.91. The van der Waals surface area contributed by atoms with E-state index in [0.717, 1.165) is 5.56 Å². The van der Waals surface area contributed by atoms with E-state index < -0.39 is 24.5 Å². The third-order valence-corrected chi connectivity index (χ3v) is 4.89. The molecule has 0 spiro atoms. The van der Waals surface area contributed by atoms with Crippen molar-refractivity contribution >= 4 is 16.9 Å². The molecule has 0 saturated carbocycles. The third-order valence-electron chi connectivity index (χ3n) is 4.89. The predicted octanol–water partition coefficient (Wildman–Crippen LogP) is 3.49. The van der Waals surface area contributed by atoms with Crippen LogP contribution in [0.15, 0.2) is 40.9 Å². The maximum Gasteiger partial charge on any atom is 0.292 e. The molecule has 0 radical (unpaired) electrons. The van der Waals surface area contributed by atoms with E-state index in [0.29, 0.717) is 28.4 Å². The molecule has 2 aromatic heterocycles. The standard InChI is InChI=1S/C21H20F2N2O5/c1-12-18(19(26)25-17-10-28-11-21(17,22)23)15-8-14(5-6-16(15)30-12)29-9-13-4-3-7-24-20(13)27-2/h3-8,17H,9-11H2,1-2H3,(H,25,26). The van der Waals surface area contributed by atoms with Crippen molar-refractivity contribution in [3.8, 4) is 11.6 Å². The van der Waals surface area contributed by atoms with Crippen LogP contribution in [0.2, 0.25) is 0 Å². The van der Waals surface area contributed by atoms with Gasteiger partial charge in [0.1, 0.15) is 36.3 Å². The van der Waals surface area contributed by atoms with Crippen LogP contribution in [0.4, 0.5) is 8.78 Å². The Kier molecular flexibility index (Phi) is 5.29. The lowest BCUT2D eigenvalue weighted by Crippen LogP contribution is -2.46. The van der Waals surface area contributed by atoms with Gasteiger partial charge in [-0.3, -0.25) is 4.79 Å². The minimum absolute atomic E-state index is 0.192. The maximum atomic E-state index is 13.8. The molecule has 30 heavy (non-hydrogen) atoms. The molecule has 1 unspecified atom stereocenters. The van der Waals surface area contributed by atoms with Crippen LogP contribution in [0, 0.1) is 6.92 Å². The van der Waals surface area contributed by atoms with Crippen molar-refractivity contribution in [3.05, 3.63) is 53.4 Å². The Bertz CT molecular complexity index is 1080. The van der Waals surface area contributed by atoms with E-state index in [4.69, 9.17) is 18.6 Å². The summed E-state index contributed by atoms with van der Waals surface area (Å²) in [6.07, 6.45) is 1.62. The highest BCUT2D eigenvalue weighted by Crippen LogP contribution is 2.31. The summed E-state index contributed by atoms with van der Waals surface area (Å²) < 4.78 is 49.1. The van der Waals surface area contributed by atoms with Crippen LogP contribution in [-0.2, 0) is 11.3 Å². The SMILES string of the molecule is COc1ncccc1COc1ccc2oc(C)c(C(=O)NC3COCC3(F)F)c2c1. The van der Waals surface area contributed by atoms with Gasteiger partial charge < -0.3 is 23.9 Å². The minimum Gasteiger partial charge on any atom is -0.489 e. The molecule has 0 bridgehead atoms. The summed E-state index contributed by atoms with van der Waals surface area (Å²) in [4.78, 5) is 16.9. The minimum atomic E-state index is -3.11. The lowest BCUT2D eigenvalue weighted by molar-refractivity contribution is -0.0227. The number of amides is 1. The molecule has 3 aromatic rings. The molecule has 1 aliphatic rings. The number of ether oxygens (including phenoxy) is 3. The smallest absolute Gasteiger partial charge is 0.292 e. The maximum absolute atomic E-state index is 13.8. The zero-order valence-electron chi connectivity index (χ0n) is 16.4. The molecule has 1 amide bonds. The lowest BCUT2D eigenvalue weighted by atomic mass is 10.1. The van der Waals surface area contributed by atoms with Crippen molar-refractivity contribution in [2.75, 3.05) is 20.3 Å². The Labute approximate surface area is 170 Å². The van der Waals surface area contributed by atoms with Gasteiger partial charge in [0.05, 0.1) is 24.8 Å². The third kappa shape index (κ3) is 3.80. The van der Waals surface area contributed by atoms with Crippen LogP contribution in [0.1, 0.15) is 21.7 Å². The number of nitrogens with zero attached hydrogens (tertiary/aromatic N) is 1. The summed E-state index contributed by atoms with van der Waals surface area (Å²) >= 11 is 0. The number of aromatic nitrogens is 1. The summed E-state index contributed by atoms with van der Waals surface area (Å²) in [5.74, 6) is -2.49. The zero-order valence-corrected chi connectivity index (χ0v) is 16.4. The van der Waals surface area contributed by atoms with Gasteiger partial charge in [-0.25, -0.2) is 13.8 Å². The van der Waals surface area contributed by atoms with Crippen molar-refractivity contribution in [1.29, 1.82) is 0 Å². The van der Waals surface area contributed by atoms with Crippen LogP contribution >= 0.6 is 0 Å². The van der Waals surface area contributed by atoms with E-state index in [1.165, 1.54) is 7.11 Å². The molecule has 7 nitrogen and oxygen atoms in total. The van der Waals surface area contributed by atoms with Gasteiger partial charge in [0, 0.05) is 11.6 Å². The molecule has 0 aliphatic carbocycles.